The van der Waals surface area contributed by atoms with E-state index >= 15 is 0 Å². The Kier molecular flexibility index (Phi) is 2.83. The molecule has 1 heterocycles. The van der Waals surface area contributed by atoms with Gasteiger partial charge in [-0.25, -0.2) is 9.37 Å². The van der Waals surface area contributed by atoms with Crippen LogP contribution in [0.15, 0.2) is 42.5 Å². The van der Waals surface area contributed by atoms with Crippen molar-refractivity contribution in [1.29, 1.82) is 0 Å². The highest BCUT2D eigenvalue weighted by Gasteiger charge is 2.14. The second-order valence-corrected chi connectivity index (χ2v) is 4.22. The monoisotopic (exact) mass is 271 g/mol. The molecule has 1 amide bonds. The van der Waals surface area contributed by atoms with Gasteiger partial charge in [0.25, 0.3) is 5.91 Å². The standard InChI is InChI=1S/C14H10FN3O2/c15-10-7-8(19)5-6-9(10)13(20)18-14-16-11-3-1-2-4-12(11)17-14/h1-7,19H,(H2,16,17,18,20). The van der Waals surface area contributed by atoms with Crippen molar-refractivity contribution in [2.24, 2.45) is 0 Å². The molecule has 0 radical (unpaired) electrons. The van der Waals surface area contributed by atoms with E-state index in [9.17, 15) is 9.18 Å². The second kappa shape index (κ2) is 4.65. The van der Waals surface area contributed by atoms with Crippen LogP contribution in [0.2, 0.25) is 0 Å². The van der Waals surface area contributed by atoms with Crippen molar-refractivity contribution < 1.29 is 14.3 Å². The van der Waals surface area contributed by atoms with E-state index in [4.69, 9.17) is 5.11 Å². The molecule has 0 bridgehead atoms. The first-order chi connectivity index (χ1) is 9.63. The minimum absolute atomic E-state index is 0.164. The Balaban J connectivity index is 1.88. The summed E-state index contributed by atoms with van der Waals surface area (Å²) in [5.74, 6) is -1.42. The van der Waals surface area contributed by atoms with Crippen LogP contribution in [0.1, 0.15) is 10.4 Å². The maximum atomic E-state index is 13.6. The van der Waals surface area contributed by atoms with Crippen LogP contribution in [0, 0.1) is 5.82 Å². The first-order valence-electron chi connectivity index (χ1n) is 5.88. The van der Waals surface area contributed by atoms with E-state index in [0.29, 0.717) is 5.52 Å². The molecule has 3 N–H and O–H groups in total. The van der Waals surface area contributed by atoms with E-state index in [0.717, 1.165) is 11.6 Å². The van der Waals surface area contributed by atoms with E-state index in [2.05, 4.69) is 15.3 Å². The number of anilines is 1. The molecule has 0 saturated carbocycles. The first-order valence-corrected chi connectivity index (χ1v) is 5.88. The van der Waals surface area contributed by atoms with Gasteiger partial charge in [0.15, 0.2) is 0 Å². The number of imidazole rings is 1. The molecule has 5 nitrogen and oxygen atoms in total. The minimum Gasteiger partial charge on any atom is -0.508 e. The number of H-pyrrole nitrogens is 1. The molecular formula is C14H10FN3O2. The maximum Gasteiger partial charge on any atom is 0.260 e. The molecule has 0 fully saturated rings. The van der Waals surface area contributed by atoms with Crippen LogP contribution in [0.4, 0.5) is 10.3 Å². The number of nitrogens with one attached hydrogen (secondary N) is 2. The number of amides is 1. The number of aromatic amines is 1. The maximum absolute atomic E-state index is 13.6. The van der Waals surface area contributed by atoms with Gasteiger partial charge >= 0.3 is 0 Å². The molecule has 3 aromatic rings. The van der Waals surface area contributed by atoms with Crippen LogP contribution < -0.4 is 5.32 Å². The van der Waals surface area contributed by atoms with Crippen molar-refractivity contribution in [3.05, 3.63) is 53.8 Å². The zero-order chi connectivity index (χ0) is 14.1. The first kappa shape index (κ1) is 12.2. The van der Waals surface area contributed by atoms with E-state index < -0.39 is 11.7 Å². The van der Waals surface area contributed by atoms with Gasteiger partial charge in [0.1, 0.15) is 11.6 Å². The molecule has 0 aliphatic carbocycles. The zero-order valence-electron chi connectivity index (χ0n) is 10.2. The predicted octanol–water partition coefficient (Wildman–Crippen LogP) is 2.66. The third-order valence-electron chi connectivity index (χ3n) is 2.82. The van der Waals surface area contributed by atoms with Crippen LogP contribution in [0.5, 0.6) is 5.75 Å². The van der Waals surface area contributed by atoms with Crippen molar-refractivity contribution in [3.8, 4) is 5.75 Å². The van der Waals surface area contributed by atoms with Gasteiger partial charge in [-0.15, -0.1) is 0 Å². The Bertz CT molecular complexity index is 765. The van der Waals surface area contributed by atoms with E-state index in [1.54, 1.807) is 6.07 Å². The molecule has 2 aromatic carbocycles. The van der Waals surface area contributed by atoms with E-state index in [1.165, 1.54) is 12.1 Å². The molecule has 0 aliphatic heterocycles. The lowest BCUT2D eigenvalue weighted by molar-refractivity contribution is 0.102. The smallest absolute Gasteiger partial charge is 0.260 e. The second-order valence-electron chi connectivity index (χ2n) is 4.22. The van der Waals surface area contributed by atoms with Crippen molar-refractivity contribution in [2.45, 2.75) is 0 Å². The lowest BCUT2D eigenvalue weighted by atomic mass is 10.2. The van der Waals surface area contributed by atoms with Crippen molar-refractivity contribution in [1.82, 2.24) is 9.97 Å². The summed E-state index contributed by atoms with van der Waals surface area (Å²) >= 11 is 0. The highest BCUT2D eigenvalue weighted by Crippen LogP contribution is 2.17. The summed E-state index contributed by atoms with van der Waals surface area (Å²) in [4.78, 5) is 19.0. The van der Waals surface area contributed by atoms with Crippen LogP contribution >= 0.6 is 0 Å². The van der Waals surface area contributed by atoms with Crippen molar-refractivity contribution >= 4 is 22.9 Å². The van der Waals surface area contributed by atoms with Gasteiger partial charge in [-0.05, 0) is 24.3 Å². The van der Waals surface area contributed by atoms with Crippen molar-refractivity contribution in [3.63, 3.8) is 0 Å². The number of carbonyl (C=O) groups is 1. The van der Waals surface area contributed by atoms with Gasteiger partial charge in [-0.3, -0.25) is 10.1 Å². The molecule has 0 aliphatic rings. The van der Waals surface area contributed by atoms with E-state index in [-0.39, 0.29) is 17.3 Å². The number of hydrogen-bond acceptors (Lipinski definition) is 3. The number of aromatic hydroxyl groups is 1. The van der Waals surface area contributed by atoms with Gasteiger partial charge in [-0.1, -0.05) is 12.1 Å². The van der Waals surface area contributed by atoms with Crippen LogP contribution in [-0.2, 0) is 0 Å². The Morgan fingerprint density at radius 1 is 1.25 bits per heavy atom. The van der Waals surface area contributed by atoms with Crippen LogP contribution in [0.25, 0.3) is 11.0 Å². The number of rotatable bonds is 2. The van der Waals surface area contributed by atoms with Gasteiger partial charge in [0.05, 0.1) is 16.6 Å². The number of halogens is 1. The number of carbonyl (C=O) groups excluding carboxylic acids is 1. The molecular weight excluding hydrogens is 261 g/mol. The van der Waals surface area contributed by atoms with Crippen LogP contribution in [0.3, 0.4) is 0 Å². The summed E-state index contributed by atoms with van der Waals surface area (Å²) in [7, 11) is 0. The third-order valence-corrected chi connectivity index (χ3v) is 2.82. The average Bonchev–Trinajstić information content (AvgIpc) is 2.80. The molecule has 3 rings (SSSR count). The predicted molar refractivity (Wildman–Crippen MR) is 72.1 cm³/mol. The van der Waals surface area contributed by atoms with Crippen LogP contribution in [-0.4, -0.2) is 21.0 Å². The number of phenolic OH excluding ortho intramolecular Hbond substituents is 1. The minimum atomic E-state index is -0.793. The molecule has 1 aromatic heterocycles. The summed E-state index contributed by atoms with van der Waals surface area (Å²) in [6, 6.07) is 10.6. The summed E-state index contributed by atoms with van der Waals surface area (Å²) < 4.78 is 13.6. The van der Waals surface area contributed by atoms with Gasteiger partial charge in [-0.2, -0.15) is 0 Å². The van der Waals surface area contributed by atoms with Gasteiger partial charge in [0.2, 0.25) is 5.95 Å². The molecule has 6 heteroatoms. The quantitative estimate of drug-likeness (QED) is 0.670. The fraction of sp³-hybridized carbons (Fsp3) is 0. The Morgan fingerprint density at radius 3 is 2.80 bits per heavy atom. The Morgan fingerprint density at radius 2 is 2.05 bits per heavy atom. The summed E-state index contributed by atoms with van der Waals surface area (Å²) in [6.07, 6.45) is 0. The number of aromatic nitrogens is 2. The third kappa shape index (κ3) is 2.18. The molecule has 0 unspecified atom stereocenters. The topological polar surface area (TPSA) is 78.0 Å². The lowest BCUT2D eigenvalue weighted by Crippen LogP contribution is -2.14. The molecule has 100 valence electrons. The SMILES string of the molecule is O=C(Nc1nc2ccccc2[nH]1)c1ccc(O)cc1F. The Labute approximate surface area is 113 Å². The number of nitrogens with zero attached hydrogens (tertiary/aromatic N) is 1. The number of fused-ring (bicyclic) bond motifs is 1. The number of phenols is 1. The largest absolute Gasteiger partial charge is 0.508 e. The molecule has 0 saturated heterocycles. The highest BCUT2D eigenvalue weighted by atomic mass is 19.1. The summed E-state index contributed by atoms with van der Waals surface area (Å²) in [5.41, 5.74) is 1.31. The number of hydrogen-bond donors (Lipinski definition) is 3. The summed E-state index contributed by atoms with van der Waals surface area (Å²) in [5, 5.41) is 11.6. The molecule has 20 heavy (non-hydrogen) atoms. The summed E-state index contributed by atoms with van der Waals surface area (Å²) in [6.45, 7) is 0. The van der Waals surface area contributed by atoms with Gasteiger partial charge < -0.3 is 10.1 Å². The number of para-hydroxylation sites is 2. The molecule has 0 atom stereocenters. The highest BCUT2D eigenvalue weighted by molar-refractivity contribution is 6.04. The van der Waals surface area contributed by atoms with E-state index in [1.807, 2.05) is 18.2 Å². The molecule has 0 spiro atoms. The normalized spacial score (nSPS) is 10.7. The van der Waals surface area contributed by atoms with Gasteiger partial charge in [0, 0.05) is 6.07 Å². The number of benzene rings is 2. The van der Waals surface area contributed by atoms with Crippen molar-refractivity contribution in [2.75, 3.05) is 5.32 Å². The Hall–Kier alpha value is -2.89. The lowest BCUT2D eigenvalue weighted by Gasteiger charge is -2.03. The fourth-order valence-electron chi connectivity index (χ4n) is 1.88. The zero-order valence-corrected chi connectivity index (χ0v) is 10.2. The fourth-order valence-corrected chi connectivity index (χ4v) is 1.88. The average molecular weight is 271 g/mol.